The first-order chi connectivity index (χ1) is 18.7. The lowest BCUT2D eigenvalue weighted by Gasteiger charge is -2.31. The van der Waals surface area contributed by atoms with Crippen molar-refractivity contribution in [3.8, 4) is 0 Å². The molecule has 0 aliphatic rings. The van der Waals surface area contributed by atoms with E-state index < -0.39 is 18.1 Å². The number of unbranched alkanes of at least 4 members (excludes halogenated alkanes) is 12. The van der Waals surface area contributed by atoms with Gasteiger partial charge in [0.1, 0.15) is 12.7 Å². The summed E-state index contributed by atoms with van der Waals surface area (Å²) in [7, 11) is 5.47. The molecule has 0 heterocycles. The molecular weight excluding hydrogens is 494 g/mol. The van der Waals surface area contributed by atoms with Gasteiger partial charge in [0.25, 0.3) is 0 Å². The molecule has 0 saturated heterocycles. The SMILES string of the molecule is CCCCC/C=C\C/C=C\CCCCCCCCCCCC(=O)OCC(O)COCCC(C(=O)O)[N+](C)(C)C. The van der Waals surface area contributed by atoms with E-state index in [9.17, 15) is 19.8 Å². The standard InChI is InChI=1S/C32H59NO6/c1-5-6-7-8-9-10-11-12-13-14-15-16-17-18-19-20-21-22-23-24-31(35)39-28-29(34)27-38-26-25-30(32(36)37)33(2,3)4/h9-10,12-13,29-30,34H,5-8,11,14-28H2,1-4H3/p+1/b10-9-,13-12-. The van der Waals surface area contributed by atoms with Crippen LogP contribution in [-0.2, 0) is 19.1 Å². The second kappa shape index (κ2) is 25.3. The van der Waals surface area contributed by atoms with Crippen molar-refractivity contribution in [2.75, 3.05) is 41.0 Å². The lowest BCUT2D eigenvalue weighted by atomic mass is 10.1. The van der Waals surface area contributed by atoms with Crippen molar-refractivity contribution >= 4 is 11.9 Å². The monoisotopic (exact) mass is 554 g/mol. The van der Waals surface area contributed by atoms with Crippen molar-refractivity contribution in [1.29, 1.82) is 0 Å². The predicted octanol–water partition coefficient (Wildman–Crippen LogP) is 6.83. The second-order valence-corrected chi connectivity index (χ2v) is 11.6. The number of rotatable bonds is 27. The molecule has 7 nitrogen and oxygen atoms in total. The first kappa shape index (κ1) is 37.3. The van der Waals surface area contributed by atoms with E-state index >= 15 is 0 Å². The van der Waals surface area contributed by atoms with Crippen LogP contribution in [0.5, 0.6) is 0 Å². The first-order valence-electron chi connectivity index (χ1n) is 15.4. The number of hydrogen-bond acceptors (Lipinski definition) is 5. The van der Waals surface area contributed by atoms with Crippen LogP contribution in [0, 0.1) is 0 Å². The predicted molar refractivity (Wildman–Crippen MR) is 160 cm³/mol. The Morgan fingerprint density at radius 1 is 0.769 bits per heavy atom. The van der Waals surface area contributed by atoms with E-state index in [1.165, 1.54) is 70.6 Å². The summed E-state index contributed by atoms with van der Waals surface area (Å²) in [5, 5.41) is 19.2. The zero-order valence-corrected chi connectivity index (χ0v) is 25.6. The molecule has 7 heteroatoms. The second-order valence-electron chi connectivity index (χ2n) is 11.6. The zero-order chi connectivity index (χ0) is 29.2. The van der Waals surface area contributed by atoms with E-state index in [1.54, 1.807) is 0 Å². The lowest BCUT2D eigenvalue weighted by Crippen LogP contribution is -2.50. The van der Waals surface area contributed by atoms with E-state index in [0.29, 0.717) is 17.3 Å². The number of hydrogen-bond donors (Lipinski definition) is 2. The van der Waals surface area contributed by atoms with Crippen molar-refractivity contribution in [3.05, 3.63) is 24.3 Å². The molecule has 0 aromatic carbocycles. The van der Waals surface area contributed by atoms with E-state index in [0.717, 1.165) is 25.7 Å². The minimum absolute atomic E-state index is 0.0182. The summed E-state index contributed by atoms with van der Waals surface area (Å²) in [6, 6.07) is -0.574. The van der Waals surface area contributed by atoms with Crippen molar-refractivity contribution in [2.45, 2.75) is 128 Å². The van der Waals surface area contributed by atoms with Gasteiger partial charge in [-0.3, -0.25) is 4.79 Å². The Morgan fingerprint density at radius 3 is 1.85 bits per heavy atom. The maximum absolute atomic E-state index is 11.9. The van der Waals surface area contributed by atoms with Crippen LogP contribution in [0.1, 0.15) is 116 Å². The maximum atomic E-state index is 11.9. The molecule has 0 amide bonds. The number of carbonyl (C=O) groups is 2. The summed E-state index contributed by atoms with van der Waals surface area (Å²) in [6.45, 7) is 2.39. The van der Waals surface area contributed by atoms with Crippen LogP contribution < -0.4 is 0 Å². The number of carboxylic acids is 1. The van der Waals surface area contributed by atoms with Gasteiger partial charge < -0.3 is 24.2 Å². The highest BCUT2D eigenvalue weighted by Crippen LogP contribution is 2.12. The summed E-state index contributed by atoms with van der Waals surface area (Å²) in [5.41, 5.74) is 0. The molecular formula is C32H60NO6+. The van der Waals surface area contributed by atoms with Gasteiger partial charge >= 0.3 is 11.9 Å². The summed E-state index contributed by atoms with van der Waals surface area (Å²) in [6.07, 6.45) is 27.1. The van der Waals surface area contributed by atoms with Crippen LogP contribution in [0.4, 0.5) is 0 Å². The molecule has 0 bridgehead atoms. The van der Waals surface area contributed by atoms with Crippen molar-refractivity contribution in [2.24, 2.45) is 0 Å². The molecule has 0 saturated carbocycles. The van der Waals surface area contributed by atoms with E-state index in [1.807, 2.05) is 21.1 Å². The molecule has 0 aliphatic heterocycles. The fraction of sp³-hybridized carbons (Fsp3) is 0.812. The zero-order valence-electron chi connectivity index (χ0n) is 25.6. The number of carbonyl (C=O) groups excluding carboxylic acids is 1. The summed E-state index contributed by atoms with van der Waals surface area (Å²) in [4.78, 5) is 23.2. The van der Waals surface area contributed by atoms with Crippen molar-refractivity contribution in [1.82, 2.24) is 0 Å². The number of nitrogens with zero attached hydrogens (tertiary/aromatic N) is 1. The molecule has 39 heavy (non-hydrogen) atoms. The summed E-state index contributed by atoms with van der Waals surface area (Å²) < 4.78 is 10.8. The third-order valence-corrected chi connectivity index (χ3v) is 6.83. The van der Waals surface area contributed by atoms with Gasteiger partial charge in [-0.25, -0.2) is 4.79 Å². The largest absolute Gasteiger partial charge is 0.477 e. The number of ether oxygens (including phenoxy) is 2. The van der Waals surface area contributed by atoms with E-state index in [2.05, 4.69) is 31.2 Å². The van der Waals surface area contributed by atoms with Gasteiger partial charge in [-0.1, -0.05) is 89.0 Å². The molecule has 0 rings (SSSR count). The van der Waals surface area contributed by atoms with Gasteiger partial charge in [0.2, 0.25) is 0 Å². The van der Waals surface area contributed by atoms with Crippen LogP contribution >= 0.6 is 0 Å². The number of quaternary nitrogens is 1. The molecule has 0 radical (unpaired) electrons. The van der Waals surface area contributed by atoms with Gasteiger partial charge in [0.15, 0.2) is 6.04 Å². The Balaban J connectivity index is 3.51. The van der Waals surface area contributed by atoms with Crippen LogP contribution in [-0.4, -0.2) is 79.7 Å². The molecule has 2 N–H and O–H groups in total. The van der Waals surface area contributed by atoms with Gasteiger partial charge in [-0.05, 0) is 38.5 Å². The lowest BCUT2D eigenvalue weighted by molar-refractivity contribution is -0.887. The molecule has 228 valence electrons. The van der Waals surface area contributed by atoms with E-state index in [-0.39, 0.29) is 25.8 Å². The van der Waals surface area contributed by atoms with Crippen molar-refractivity contribution in [3.63, 3.8) is 0 Å². The third-order valence-electron chi connectivity index (χ3n) is 6.83. The summed E-state index contributed by atoms with van der Waals surface area (Å²) in [5.74, 6) is -1.16. The Bertz CT molecular complexity index is 656. The van der Waals surface area contributed by atoms with Crippen molar-refractivity contribution < 1.29 is 33.8 Å². The van der Waals surface area contributed by atoms with Gasteiger partial charge in [0, 0.05) is 12.8 Å². The molecule has 0 aromatic heterocycles. The van der Waals surface area contributed by atoms with Crippen LogP contribution in [0.2, 0.25) is 0 Å². The highest BCUT2D eigenvalue weighted by molar-refractivity contribution is 5.72. The van der Waals surface area contributed by atoms with Gasteiger partial charge in [0.05, 0.1) is 34.4 Å². The fourth-order valence-electron chi connectivity index (χ4n) is 4.35. The number of aliphatic carboxylic acids is 1. The van der Waals surface area contributed by atoms with Gasteiger partial charge in [-0.2, -0.15) is 0 Å². The highest BCUT2D eigenvalue weighted by Gasteiger charge is 2.30. The average Bonchev–Trinajstić information content (AvgIpc) is 2.87. The Labute approximate surface area is 239 Å². The topological polar surface area (TPSA) is 93.1 Å². The molecule has 0 aromatic rings. The number of likely N-dealkylation sites (N-methyl/N-ethyl adjacent to an activating group) is 1. The average molecular weight is 555 g/mol. The molecule has 2 unspecified atom stereocenters. The third kappa shape index (κ3) is 25.0. The minimum atomic E-state index is -0.903. The number of carboxylic acid groups (broad SMARTS) is 1. The quantitative estimate of drug-likeness (QED) is 0.0500. The fourth-order valence-corrected chi connectivity index (χ4v) is 4.35. The Morgan fingerprint density at radius 2 is 1.31 bits per heavy atom. The molecule has 0 aliphatic carbocycles. The van der Waals surface area contributed by atoms with Crippen LogP contribution in [0.15, 0.2) is 24.3 Å². The summed E-state index contributed by atoms with van der Waals surface area (Å²) >= 11 is 0. The molecule has 2 atom stereocenters. The Hall–Kier alpha value is -1.70. The number of aliphatic hydroxyl groups is 1. The molecule has 0 spiro atoms. The molecule has 0 fully saturated rings. The van der Waals surface area contributed by atoms with Crippen LogP contribution in [0.3, 0.4) is 0 Å². The first-order valence-corrected chi connectivity index (χ1v) is 15.4. The number of allylic oxidation sites excluding steroid dienone is 4. The smallest absolute Gasteiger partial charge is 0.362 e. The van der Waals surface area contributed by atoms with E-state index in [4.69, 9.17) is 9.47 Å². The maximum Gasteiger partial charge on any atom is 0.362 e. The highest BCUT2D eigenvalue weighted by atomic mass is 16.5. The number of esters is 1. The minimum Gasteiger partial charge on any atom is -0.477 e. The van der Waals surface area contributed by atoms with Crippen LogP contribution in [0.25, 0.3) is 0 Å². The Kier molecular flexibility index (Phi) is 24.2. The van der Waals surface area contributed by atoms with Gasteiger partial charge in [-0.15, -0.1) is 0 Å². The number of aliphatic hydroxyl groups excluding tert-OH is 1. The normalized spacial score (nSPS) is 13.8.